The summed E-state index contributed by atoms with van der Waals surface area (Å²) in [6.45, 7) is 3.64. The zero-order chi connectivity index (χ0) is 14.9. The molecule has 0 radical (unpaired) electrons. The molecule has 20 heavy (non-hydrogen) atoms. The third-order valence-corrected chi connectivity index (χ3v) is 4.28. The van der Waals surface area contributed by atoms with Crippen molar-refractivity contribution in [1.82, 2.24) is 15.1 Å². The van der Waals surface area contributed by atoms with Gasteiger partial charge in [-0.2, -0.15) is 5.10 Å². The van der Waals surface area contributed by atoms with Crippen molar-refractivity contribution in [1.29, 1.82) is 0 Å². The molecule has 1 aromatic rings. The number of carbonyl (C=O) groups excluding carboxylic acids is 1. The van der Waals surface area contributed by atoms with Crippen LogP contribution in [0.4, 0.5) is 0 Å². The van der Waals surface area contributed by atoms with E-state index in [1.165, 1.54) is 0 Å². The van der Waals surface area contributed by atoms with Crippen LogP contribution in [0.1, 0.15) is 48.7 Å². The number of nitrogens with zero attached hydrogens (tertiary/aromatic N) is 2. The first kappa shape index (κ1) is 14.6. The summed E-state index contributed by atoms with van der Waals surface area (Å²) in [6, 6.07) is 0. The Morgan fingerprint density at radius 2 is 2.20 bits per heavy atom. The highest BCUT2D eigenvalue weighted by Crippen LogP contribution is 2.34. The highest BCUT2D eigenvalue weighted by atomic mass is 16.4. The molecule has 1 aromatic heterocycles. The smallest absolute Gasteiger partial charge is 0.329 e. The van der Waals surface area contributed by atoms with Crippen LogP contribution in [0.5, 0.6) is 0 Å². The fourth-order valence-electron chi connectivity index (χ4n) is 3.00. The topological polar surface area (TPSA) is 84.2 Å². The van der Waals surface area contributed by atoms with Gasteiger partial charge >= 0.3 is 5.97 Å². The van der Waals surface area contributed by atoms with Crippen LogP contribution in [0.25, 0.3) is 0 Å². The zero-order valence-corrected chi connectivity index (χ0v) is 12.1. The quantitative estimate of drug-likeness (QED) is 0.878. The van der Waals surface area contributed by atoms with Gasteiger partial charge in [-0.05, 0) is 25.7 Å². The molecule has 2 unspecified atom stereocenters. The van der Waals surface area contributed by atoms with Crippen LogP contribution in [-0.2, 0) is 11.8 Å². The monoisotopic (exact) mass is 279 g/mol. The molecule has 0 aliphatic heterocycles. The molecule has 2 rings (SSSR count). The second kappa shape index (κ2) is 5.26. The Labute approximate surface area is 118 Å². The third kappa shape index (κ3) is 2.42. The van der Waals surface area contributed by atoms with Gasteiger partial charge in [0.25, 0.3) is 5.91 Å². The van der Waals surface area contributed by atoms with Gasteiger partial charge in [-0.3, -0.25) is 9.48 Å². The minimum absolute atomic E-state index is 0.0744. The molecule has 2 atom stereocenters. The van der Waals surface area contributed by atoms with Gasteiger partial charge in [0, 0.05) is 13.2 Å². The predicted molar refractivity (Wildman–Crippen MR) is 73.4 cm³/mol. The number of carboxylic acids is 1. The lowest BCUT2D eigenvalue weighted by Gasteiger charge is -2.39. The lowest BCUT2D eigenvalue weighted by atomic mass is 9.73. The summed E-state index contributed by atoms with van der Waals surface area (Å²) in [5, 5.41) is 16.5. The molecule has 0 aromatic carbocycles. The van der Waals surface area contributed by atoms with Crippen molar-refractivity contribution in [2.45, 2.75) is 45.1 Å². The first-order valence-corrected chi connectivity index (χ1v) is 6.93. The second-order valence-corrected chi connectivity index (χ2v) is 5.68. The van der Waals surface area contributed by atoms with Gasteiger partial charge in [0.1, 0.15) is 5.54 Å². The lowest BCUT2D eigenvalue weighted by Crippen LogP contribution is -2.60. The van der Waals surface area contributed by atoms with Crippen molar-refractivity contribution in [2.24, 2.45) is 13.0 Å². The Kier molecular flexibility index (Phi) is 3.83. The van der Waals surface area contributed by atoms with E-state index in [4.69, 9.17) is 0 Å². The molecule has 6 nitrogen and oxygen atoms in total. The largest absolute Gasteiger partial charge is 0.479 e. The van der Waals surface area contributed by atoms with E-state index >= 15 is 0 Å². The van der Waals surface area contributed by atoms with E-state index < -0.39 is 11.5 Å². The van der Waals surface area contributed by atoms with Crippen LogP contribution in [0.3, 0.4) is 0 Å². The number of nitrogens with one attached hydrogen (secondary N) is 1. The molecule has 110 valence electrons. The van der Waals surface area contributed by atoms with Crippen molar-refractivity contribution in [3.05, 3.63) is 17.5 Å². The number of aliphatic carboxylic acids is 1. The molecule has 1 heterocycles. The molecule has 1 fully saturated rings. The maximum atomic E-state index is 12.4. The fourth-order valence-corrected chi connectivity index (χ4v) is 3.00. The average molecular weight is 279 g/mol. The molecule has 1 saturated carbocycles. The normalized spacial score (nSPS) is 26.2. The Balaban J connectivity index is 2.27. The van der Waals surface area contributed by atoms with Crippen molar-refractivity contribution in [2.75, 3.05) is 0 Å². The molecule has 1 amide bonds. The number of hydrogen-bond acceptors (Lipinski definition) is 3. The van der Waals surface area contributed by atoms with E-state index in [0.717, 1.165) is 19.3 Å². The van der Waals surface area contributed by atoms with Crippen molar-refractivity contribution in [3.8, 4) is 0 Å². The summed E-state index contributed by atoms with van der Waals surface area (Å²) in [6.07, 6.45) is 4.75. The minimum Gasteiger partial charge on any atom is -0.479 e. The van der Waals surface area contributed by atoms with Gasteiger partial charge in [0.15, 0.2) is 0 Å². The first-order chi connectivity index (χ1) is 9.36. The van der Waals surface area contributed by atoms with Crippen LogP contribution in [0, 0.1) is 12.8 Å². The van der Waals surface area contributed by atoms with Crippen LogP contribution in [-0.4, -0.2) is 32.3 Å². The Morgan fingerprint density at radius 1 is 1.50 bits per heavy atom. The van der Waals surface area contributed by atoms with Crippen LogP contribution < -0.4 is 5.32 Å². The standard InChI is InChI=1S/C14H21N3O3/c1-9-6-4-5-7-14(9,13(19)20)15-12(18)11-8-17(3)16-10(11)2/h8-9H,4-7H2,1-3H3,(H,15,18)(H,19,20). The Hall–Kier alpha value is -1.85. The van der Waals surface area contributed by atoms with Crippen molar-refractivity contribution in [3.63, 3.8) is 0 Å². The molecule has 0 saturated heterocycles. The molecule has 2 N–H and O–H groups in total. The third-order valence-electron chi connectivity index (χ3n) is 4.28. The van der Waals surface area contributed by atoms with Crippen LogP contribution in [0.2, 0.25) is 0 Å². The van der Waals surface area contributed by atoms with Gasteiger partial charge in [0.05, 0.1) is 11.3 Å². The molecule has 1 aliphatic rings. The van der Waals surface area contributed by atoms with E-state index in [-0.39, 0.29) is 11.8 Å². The summed E-state index contributed by atoms with van der Waals surface area (Å²) >= 11 is 0. The average Bonchev–Trinajstić information content (AvgIpc) is 2.71. The van der Waals surface area contributed by atoms with Crippen molar-refractivity contribution < 1.29 is 14.7 Å². The molecule has 6 heteroatoms. The Bertz CT molecular complexity index is 538. The highest BCUT2D eigenvalue weighted by Gasteiger charge is 2.46. The van der Waals surface area contributed by atoms with Crippen LogP contribution in [0.15, 0.2) is 6.20 Å². The van der Waals surface area contributed by atoms with Gasteiger partial charge in [-0.15, -0.1) is 0 Å². The maximum Gasteiger partial charge on any atom is 0.329 e. The number of carbonyl (C=O) groups is 2. The summed E-state index contributed by atoms with van der Waals surface area (Å²) in [7, 11) is 1.74. The number of aromatic nitrogens is 2. The molecular weight excluding hydrogens is 258 g/mol. The lowest BCUT2D eigenvalue weighted by molar-refractivity contribution is -0.148. The van der Waals surface area contributed by atoms with Gasteiger partial charge in [-0.25, -0.2) is 4.79 Å². The van der Waals surface area contributed by atoms with E-state index in [0.29, 0.717) is 17.7 Å². The number of carboxylic acid groups (broad SMARTS) is 1. The molecule has 0 bridgehead atoms. The SMILES string of the molecule is Cc1nn(C)cc1C(=O)NC1(C(=O)O)CCCCC1C. The van der Waals surface area contributed by atoms with E-state index in [2.05, 4.69) is 10.4 Å². The van der Waals surface area contributed by atoms with Gasteiger partial charge in [0.2, 0.25) is 0 Å². The second-order valence-electron chi connectivity index (χ2n) is 5.68. The summed E-state index contributed by atoms with van der Waals surface area (Å²) in [5.41, 5.74) is -0.114. The maximum absolute atomic E-state index is 12.4. The fraction of sp³-hybridized carbons (Fsp3) is 0.643. The van der Waals surface area contributed by atoms with E-state index in [9.17, 15) is 14.7 Å². The molecule has 0 spiro atoms. The first-order valence-electron chi connectivity index (χ1n) is 6.93. The summed E-state index contributed by atoms with van der Waals surface area (Å²) in [5.74, 6) is -1.37. The van der Waals surface area contributed by atoms with Gasteiger partial charge in [-0.1, -0.05) is 19.8 Å². The Morgan fingerprint density at radius 3 is 2.70 bits per heavy atom. The molecule has 1 aliphatic carbocycles. The summed E-state index contributed by atoms with van der Waals surface area (Å²) < 4.78 is 1.56. The number of hydrogen-bond donors (Lipinski definition) is 2. The van der Waals surface area contributed by atoms with Crippen LogP contribution >= 0.6 is 0 Å². The highest BCUT2D eigenvalue weighted by molar-refractivity contribution is 5.98. The number of rotatable bonds is 3. The van der Waals surface area contributed by atoms with E-state index in [1.54, 1.807) is 24.9 Å². The predicted octanol–water partition coefficient (Wildman–Crippen LogP) is 1.49. The summed E-state index contributed by atoms with van der Waals surface area (Å²) in [4.78, 5) is 24.1. The number of amides is 1. The minimum atomic E-state index is -1.16. The van der Waals surface area contributed by atoms with E-state index in [1.807, 2.05) is 6.92 Å². The van der Waals surface area contributed by atoms with Crippen molar-refractivity contribution >= 4 is 11.9 Å². The molecular formula is C14H21N3O3. The zero-order valence-electron chi connectivity index (χ0n) is 12.1. The van der Waals surface area contributed by atoms with Gasteiger partial charge < -0.3 is 10.4 Å². The number of aryl methyl sites for hydroxylation is 2.